The topological polar surface area (TPSA) is 38.9 Å². The van der Waals surface area contributed by atoms with Crippen molar-refractivity contribution in [2.45, 2.75) is 25.1 Å². The Morgan fingerprint density at radius 3 is 2.35 bits per heavy atom. The molecule has 1 aromatic carbocycles. The number of nitrogens with zero attached hydrogens (tertiary/aromatic N) is 1. The highest BCUT2D eigenvalue weighted by Crippen LogP contribution is 2.34. The van der Waals surface area contributed by atoms with Crippen LogP contribution in [0.4, 0.5) is 13.2 Å². The third-order valence-electron chi connectivity index (χ3n) is 3.16. The Morgan fingerprint density at radius 2 is 1.70 bits per heavy atom. The Kier molecular flexibility index (Phi) is 4.39. The van der Waals surface area contributed by atoms with Gasteiger partial charge in [-0.25, -0.2) is 0 Å². The van der Waals surface area contributed by atoms with Crippen molar-refractivity contribution >= 4 is 0 Å². The molecular weight excluding hydrogens is 265 g/mol. The van der Waals surface area contributed by atoms with E-state index in [4.69, 9.17) is 5.73 Å². The number of hydrogen-bond acceptors (Lipinski definition) is 2. The molecule has 0 amide bonds. The van der Waals surface area contributed by atoms with Gasteiger partial charge in [-0.3, -0.25) is 4.98 Å². The Hall–Kier alpha value is -1.88. The number of pyridine rings is 1. The summed E-state index contributed by atoms with van der Waals surface area (Å²) < 4.78 is 38.7. The van der Waals surface area contributed by atoms with Crippen LogP contribution in [0.5, 0.6) is 0 Å². The van der Waals surface area contributed by atoms with Crippen LogP contribution in [-0.2, 0) is 12.6 Å². The van der Waals surface area contributed by atoms with Crippen LogP contribution in [0.15, 0.2) is 48.8 Å². The molecule has 2 rings (SSSR count). The summed E-state index contributed by atoms with van der Waals surface area (Å²) >= 11 is 0. The Balaban J connectivity index is 2.12. The number of benzene rings is 1. The van der Waals surface area contributed by atoms with Crippen molar-refractivity contribution in [2.75, 3.05) is 0 Å². The molecule has 0 saturated carbocycles. The number of alkyl halides is 3. The highest BCUT2D eigenvalue weighted by atomic mass is 19.4. The van der Waals surface area contributed by atoms with Crippen LogP contribution in [-0.4, -0.2) is 4.98 Å². The van der Waals surface area contributed by atoms with Gasteiger partial charge in [-0.2, -0.15) is 13.2 Å². The summed E-state index contributed by atoms with van der Waals surface area (Å²) in [4.78, 5) is 3.90. The van der Waals surface area contributed by atoms with E-state index in [0.29, 0.717) is 12.8 Å². The standard InChI is InChI=1S/C15H15F3N2/c16-15(17,18)13-4-2-1-3-12(13)14(19)6-5-11-7-9-20-10-8-11/h1-4,7-10,14H,5-6,19H2. The summed E-state index contributed by atoms with van der Waals surface area (Å²) in [6.45, 7) is 0. The van der Waals surface area contributed by atoms with Crippen LogP contribution in [0, 0.1) is 0 Å². The first kappa shape index (κ1) is 14.5. The Labute approximate surface area is 115 Å². The van der Waals surface area contributed by atoms with E-state index < -0.39 is 17.8 Å². The van der Waals surface area contributed by atoms with E-state index in [2.05, 4.69) is 4.98 Å². The number of nitrogens with two attached hydrogens (primary N) is 1. The minimum Gasteiger partial charge on any atom is -0.324 e. The number of aromatic nitrogens is 1. The Morgan fingerprint density at radius 1 is 1.05 bits per heavy atom. The van der Waals surface area contributed by atoms with E-state index in [1.807, 2.05) is 12.1 Å². The molecule has 0 bridgehead atoms. The highest BCUT2D eigenvalue weighted by molar-refractivity contribution is 5.32. The van der Waals surface area contributed by atoms with Crippen LogP contribution in [0.1, 0.15) is 29.2 Å². The molecule has 0 spiro atoms. The van der Waals surface area contributed by atoms with E-state index in [9.17, 15) is 13.2 Å². The molecule has 106 valence electrons. The normalized spacial score (nSPS) is 13.2. The molecule has 0 radical (unpaired) electrons. The van der Waals surface area contributed by atoms with Gasteiger partial charge < -0.3 is 5.73 Å². The molecule has 1 aromatic heterocycles. The quantitative estimate of drug-likeness (QED) is 0.926. The average Bonchev–Trinajstić information content (AvgIpc) is 2.45. The number of rotatable bonds is 4. The van der Waals surface area contributed by atoms with Crippen molar-refractivity contribution < 1.29 is 13.2 Å². The van der Waals surface area contributed by atoms with Gasteiger partial charge in [-0.05, 0) is 42.2 Å². The lowest BCUT2D eigenvalue weighted by Crippen LogP contribution is -2.18. The second-order valence-corrected chi connectivity index (χ2v) is 4.59. The fraction of sp³-hybridized carbons (Fsp3) is 0.267. The molecule has 0 aliphatic carbocycles. The van der Waals surface area contributed by atoms with Gasteiger partial charge >= 0.3 is 6.18 Å². The van der Waals surface area contributed by atoms with Gasteiger partial charge in [-0.1, -0.05) is 18.2 Å². The second-order valence-electron chi connectivity index (χ2n) is 4.59. The highest BCUT2D eigenvalue weighted by Gasteiger charge is 2.34. The summed E-state index contributed by atoms with van der Waals surface area (Å²) in [6.07, 6.45) is 0.0207. The van der Waals surface area contributed by atoms with Crippen molar-refractivity contribution in [3.05, 3.63) is 65.5 Å². The lowest BCUT2D eigenvalue weighted by molar-refractivity contribution is -0.138. The fourth-order valence-electron chi connectivity index (χ4n) is 2.11. The molecule has 0 fully saturated rings. The molecule has 5 heteroatoms. The third-order valence-corrected chi connectivity index (χ3v) is 3.16. The first-order valence-corrected chi connectivity index (χ1v) is 6.29. The van der Waals surface area contributed by atoms with Gasteiger partial charge in [-0.15, -0.1) is 0 Å². The van der Waals surface area contributed by atoms with Gasteiger partial charge in [0.2, 0.25) is 0 Å². The largest absolute Gasteiger partial charge is 0.416 e. The molecule has 20 heavy (non-hydrogen) atoms. The first-order valence-electron chi connectivity index (χ1n) is 6.29. The second kappa shape index (κ2) is 6.05. The van der Waals surface area contributed by atoms with Gasteiger partial charge in [0.1, 0.15) is 0 Å². The predicted molar refractivity (Wildman–Crippen MR) is 70.9 cm³/mol. The van der Waals surface area contributed by atoms with Gasteiger partial charge in [0.05, 0.1) is 5.56 Å². The molecule has 2 N–H and O–H groups in total. The minimum absolute atomic E-state index is 0.147. The summed E-state index contributed by atoms with van der Waals surface area (Å²) in [6, 6.07) is 8.51. The third kappa shape index (κ3) is 3.57. The summed E-state index contributed by atoms with van der Waals surface area (Å²) in [7, 11) is 0. The van der Waals surface area contributed by atoms with E-state index in [1.165, 1.54) is 12.1 Å². The molecule has 2 nitrogen and oxygen atoms in total. The maximum Gasteiger partial charge on any atom is 0.416 e. The summed E-state index contributed by atoms with van der Waals surface area (Å²) in [5.41, 5.74) is 6.44. The fourth-order valence-corrected chi connectivity index (χ4v) is 2.11. The van der Waals surface area contributed by atoms with Crippen molar-refractivity contribution in [2.24, 2.45) is 5.73 Å². The van der Waals surface area contributed by atoms with Gasteiger partial charge in [0, 0.05) is 18.4 Å². The van der Waals surface area contributed by atoms with E-state index in [0.717, 1.165) is 11.6 Å². The molecule has 1 unspecified atom stereocenters. The first-order chi connectivity index (χ1) is 9.48. The van der Waals surface area contributed by atoms with Crippen molar-refractivity contribution in [1.82, 2.24) is 4.98 Å². The monoisotopic (exact) mass is 280 g/mol. The molecule has 0 aliphatic rings. The maximum absolute atomic E-state index is 12.9. The zero-order valence-electron chi connectivity index (χ0n) is 10.8. The Bertz CT molecular complexity index is 553. The smallest absolute Gasteiger partial charge is 0.324 e. The minimum atomic E-state index is -4.37. The van der Waals surface area contributed by atoms with Crippen LogP contribution >= 0.6 is 0 Å². The van der Waals surface area contributed by atoms with Crippen LogP contribution < -0.4 is 5.73 Å². The van der Waals surface area contributed by atoms with Crippen LogP contribution in [0.3, 0.4) is 0 Å². The molecule has 1 atom stereocenters. The number of aryl methyl sites for hydroxylation is 1. The van der Waals surface area contributed by atoms with E-state index >= 15 is 0 Å². The van der Waals surface area contributed by atoms with Crippen molar-refractivity contribution in [1.29, 1.82) is 0 Å². The van der Waals surface area contributed by atoms with Crippen LogP contribution in [0.2, 0.25) is 0 Å². The summed E-state index contributed by atoms with van der Waals surface area (Å²) in [5, 5.41) is 0. The molecule has 1 heterocycles. The van der Waals surface area contributed by atoms with E-state index in [-0.39, 0.29) is 5.56 Å². The molecule has 2 aromatic rings. The molecular formula is C15H15F3N2. The maximum atomic E-state index is 12.9. The predicted octanol–water partition coefficient (Wildman–Crippen LogP) is 3.73. The number of hydrogen-bond donors (Lipinski definition) is 1. The SMILES string of the molecule is NC(CCc1ccncc1)c1ccccc1C(F)(F)F. The number of halogens is 3. The van der Waals surface area contributed by atoms with E-state index in [1.54, 1.807) is 18.5 Å². The summed E-state index contributed by atoms with van der Waals surface area (Å²) in [5.74, 6) is 0. The van der Waals surface area contributed by atoms with Gasteiger partial charge in [0.15, 0.2) is 0 Å². The van der Waals surface area contributed by atoms with Gasteiger partial charge in [0.25, 0.3) is 0 Å². The van der Waals surface area contributed by atoms with Crippen LogP contribution in [0.25, 0.3) is 0 Å². The zero-order valence-corrected chi connectivity index (χ0v) is 10.8. The average molecular weight is 280 g/mol. The zero-order chi connectivity index (χ0) is 14.6. The van der Waals surface area contributed by atoms with Crippen molar-refractivity contribution in [3.63, 3.8) is 0 Å². The molecule has 0 saturated heterocycles. The van der Waals surface area contributed by atoms with Crippen molar-refractivity contribution in [3.8, 4) is 0 Å². The lowest BCUT2D eigenvalue weighted by Gasteiger charge is -2.18. The molecule has 0 aliphatic heterocycles. The lowest BCUT2D eigenvalue weighted by atomic mass is 9.95.